The minimum Gasteiger partial charge on any atom is -0.340 e. The molecule has 1 aromatic carbocycles. The maximum absolute atomic E-state index is 6.03. The Balaban J connectivity index is 2.33. The molecule has 0 amide bonds. The third-order valence-electron chi connectivity index (χ3n) is 2.38. The number of hydrogen-bond acceptors (Lipinski definition) is 4. The van der Waals surface area contributed by atoms with E-state index in [1.54, 1.807) is 6.92 Å². The number of aryl methyl sites for hydroxylation is 2. The standard InChI is InChI=1S/C11H12ClN3O/c1-6-3-4-8(5-9(6)12)10(13)11-14-7(2)16-15-11/h3-5,10H,13H2,1-2H3. The lowest BCUT2D eigenvalue weighted by molar-refractivity contribution is 0.385. The molecule has 84 valence electrons. The number of nitrogens with zero attached hydrogens (tertiary/aromatic N) is 2. The van der Waals surface area contributed by atoms with E-state index in [-0.39, 0.29) is 0 Å². The van der Waals surface area contributed by atoms with Gasteiger partial charge in [-0.2, -0.15) is 4.98 Å². The molecule has 0 saturated heterocycles. The average Bonchev–Trinajstić information content (AvgIpc) is 2.68. The zero-order valence-corrected chi connectivity index (χ0v) is 9.82. The maximum Gasteiger partial charge on any atom is 0.223 e. The number of aromatic nitrogens is 2. The van der Waals surface area contributed by atoms with Crippen molar-refractivity contribution in [2.24, 2.45) is 5.73 Å². The van der Waals surface area contributed by atoms with E-state index in [1.807, 2.05) is 25.1 Å². The van der Waals surface area contributed by atoms with Crippen LogP contribution in [0, 0.1) is 13.8 Å². The lowest BCUT2D eigenvalue weighted by atomic mass is 10.1. The van der Waals surface area contributed by atoms with Crippen molar-refractivity contribution in [2.75, 3.05) is 0 Å². The summed E-state index contributed by atoms with van der Waals surface area (Å²) in [7, 11) is 0. The van der Waals surface area contributed by atoms with E-state index in [4.69, 9.17) is 21.9 Å². The molecule has 4 nitrogen and oxygen atoms in total. The summed E-state index contributed by atoms with van der Waals surface area (Å²) in [5, 5.41) is 4.48. The van der Waals surface area contributed by atoms with Crippen molar-refractivity contribution in [2.45, 2.75) is 19.9 Å². The molecule has 0 aliphatic carbocycles. The van der Waals surface area contributed by atoms with Gasteiger partial charge in [0.25, 0.3) is 0 Å². The van der Waals surface area contributed by atoms with Crippen LogP contribution in [0.3, 0.4) is 0 Å². The van der Waals surface area contributed by atoms with E-state index in [2.05, 4.69) is 10.1 Å². The Morgan fingerprint density at radius 1 is 1.38 bits per heavy atom. The molecule has 1 aromatic heterocycles. The minimum atomic E-state index is -0.407. The molecule has 0 spiro atoms. The zero-order chi connectivity index (χ0) is 11.7. The molecule has 0 aliphatic heterocycles. The summed E-state index contributed by atoms with van der Waals surface area (Å²) in [6.07, 6.45) is 0. The molecule has 1 atom stereocenters. The molecule has 2 aromatic rings. The molecule has 1 heterocycles. The highest BCUT2D eigenvalue weighted by molar-refractivity contribution is 6.31. The van der Waals surface area contributed by atoms with E-state index in [9.17, 15) is 0 Å². The lowest BCUT2D eigenvalue weighted by Gasteiger charge is -2.08. The Hall–Kier alpha value is -1.39. The number of nitrogens with two attached hydrogens (primary N) is 1. The first kappa shape index (κ1) is 11.1. The predicted octanol–water partition coefficient (Wildman–Crippen LogP) is 2.39. The highest BCUT2D eigenvalue weighted by Gasteiger charge is 2.15. The summed E-state index contributed by atoms with van der Waals surface area (Å²) in [6.45, 7) is 3.67. The normalized spacial score (nSPS) is 12.8. The Morgan fingerprint density at radius 3 is 2.69 bits per heavy atom. The van der Waals surface area contributed by atoms with Crippen molar-refractivity contribution < 1.29 is 4.52 Å². The highest BCUT2D eigenvalue weighted by Crippen LogP contribution is 2.23. The Labute approximate surface area is 98.4 Å². The number of rotatable bonds is 2. The monoisotopic (exact) mass is 237 g/mol. The van der Waals surface area contributed by atoms with E-state index >= 15 is 0 Å². The van der Waals surface area contributed by atoms with Gasteiger partial charge in [0.2, 0.25) is 5.89 Å². The molecule has 0 radical (unpaired) electrons. The fraction of sp³-hybridized carbons (Fsp3) is 0.273. The summed E-state index contributed by atoms with van der Waals surface area (Å²) in [4.78, 5) is 4.09. The van der Waals surface area contributed by atoms with Crippen LogP contribution in [-0.2, 0) is 0 Å². The Morgan fingerprint density at radius 2 is 2.12 bits per heavy atom. The molecule has 0 fully saturated rings. The summed E-state index contributed by atoms with van der Waals surface area (Å²) < 4.78 is 4.89. The van der Waals surface area contributed by atoms with Gasteiger partial charge >= 0.3 is 0 Å². The van der Waals surface area contributed by atoms with E-state index < -0.39 is 6.04 Å². The van der Waals surface area contributed by atoms with Crippen molar-refractivity contribution in [3.8, 4) is 0 Å². The molecule has 0 aliphatic rings. The highest BCUT2D eigenvalue weighted by atomic mass is 35.5. The van der Waals surface area contributed by atoms with Crippen LogP contribution in [0.25, 0.3) is 0 Å². The average molecular weight is 238 g/mol. The second-order valence-electron chi connectivity index (χ2n) is 3.66. The third-order valence-corrected chi connectivity index (χ3v) is 2.78. The summed E-state index contributed by atoms with van der Waals surface area (Å²) in [5.41, 5.74) is 7.89. The van der Waals surface area contributed by atoms with E-state index in [1.165, 1.54) is 0 Å². The topological polar surface area (TPSA) is 64.9 Å². The van der Waals surface area contributed by atoms with Crippen molar-refractivity contribution in [3.63, 3.8) is 0 Å². The Bertz CT molecular complexity index is 510. The van der Waals surface area contributed by atoms with E-state index in [0.717, 1.165) is 11.1 Å². The molecule has 1 unspecified atom stereocenters. The first-order valence-corrected chi connectivity index (χ1v) is 5.27. The lowest BCUT2D eigenvalue weighted by Crippen LogP contribution is -2.13. The molecule has 2 N–H and O–H groups in total. The number of hydrogen-bond donors (Lipinski definition) is 1. The Kier molecular flexibility index (Phi) is 2.94. The molecular formula is C11H12ClN3O. The van der Waals surface area contributed by atoms with Gasteiger partial charge < -0.3 is 10.3 Å². The molecule has 5 heteroatoms. The summed E-state index contributed by atoms with van der Waals surface area (Å²) in [6, 6.07) is 5.26. The van der Waals surface area contributed by atoms with Crippen LogP contribution in [-0.4, -0.2) is 10.1 Å². The maximum atomic E-state index is 6.03. The first-order valence-electron chi connectivity index (χ1n) is 4.90. The summed E-state index contributed by atoms with van der Waals surface area (Å²) >= 11 is 6.03. The van der Waals surface area contributed by atoms with Gasteiger partial charge in [0, 0.05) is 11.9 Å². The van der Waals surface area contributed by atoms with Crippen LogP contribution in [0.15, 0.2) is 22.7 Å². The molecule has 16 heavy (non-hydrogen) atoms. The van der Waals surface area contributed by atoms with E-state index in [0.29, 0.717) is 16.7 Å². The quantitative estimate of drug-likeness (QED) is 0.871. The van der Waals surface area contributed by atoms with Crippen molar-refractivity contribution >= 4 is 11.6 Å². The second-order valence-corrected chi connectivity index (χ2v) is 4.07. The number of benzene rings is 1. The van der Waals surface area contributed by atoms with Crippen LogP contribution in [0.5, 0.6) is 0 Å². The first-order chi connectivity index (χ1) is 7.58. The van der Waals surface area contributed by atoms with Crippen molar-refractivity contribution in [3.05, 3.63) is 46.1 Å². The van der Waals surface area contributed by atoms with Crippen molar-refractivity contribution in [1.82, 2.24) is 10.1 Å². The molecule has 0 saturated carbocycles. The van der Waals surface area contributed by atoms with Crippen molar-refractivity contribution in [1.29, 1.82) is 0 Å². The fourth-order valence-electron chi connectivity index (χ4n) is 1.39. The van der Waals surface area contributed by atoms with Gasteiger partial charge in [0.1, 0.15) is 0 Å². The van der Waals surface area contributed by atoms with Crippen LogP contribution in [0.2, 0.25) is 5.02 Å². The minimum absolute atomic E-state index is 0.407. The van der Waals surface area contributed by atoms with Gasteiger partial charge in [-0.15, -0.1) is 0 Å². The second kappa shape index (κ2) is 4.23. The smallest absolute Gasteiger partial charge is 0.223 e. The molecular weight excluding hydrogens is 226 g/mol. The van der Waals surface area contributed by atoms with Crippen LogP contribution in [0.4, 0.5) is 0 Å². The fourth-order valence-corrected chi connectivity index (χ4v) is 1.58. The van der Waals surface area contributed by atoms with Gasteiger partial charge in [0.05, 0.1) is 6.04 Å². The predicted molar refractivity (Wildman–Crippen MR) is 61.3 cm³/mol. The van der Waals surface area contributed by atoms with Gasteiger partial charge in [0.15, 0.2) is 5.82 Å². The van der Waals surface area contributed by atoms with Gasteiger partial charge in [-0.05, 0) is 24.1 Å². The molecule has 0 bridgehead atoms. The zero-order valence-electron chi connectivity index (χ0n) is 9.07. The van der Waals surface area contributed by atoms with Crippen LogP contribution < -0.4 is 5.73 Å². The third kappa shape index (κ3) is 2.08. The SMILES string of the molecule is Cc1nc(C(N)c2ccc(C)c(Cl)c2)no1. The molecule has 2 rings (SSSR count). The van der Waals surface area contributed by atoms with Crippen LogP contribution >= 0.6 is 11.6 Å². The van der Waals surface area contributed by atoms with Gasteiger partial charge in [-0.3, -0.25) is 0 Å². The van der Waals surface area contributed by atoms with Crippen LogP contribution in [0.1, 0.15) is 28.9 Å². The van der Waals surface area contributed by atoms with Gasteiger partial charge in [-0.25, -0.2) is 0 Å². The largest absolute Gasteiger partial charge is 0.340 e. The number of halogens is 1. The summed E-state index contributed by atoms with van der Waals surface area (Å²) in [5.74, 6) is 0.973. The van der Waals surface area contributed by atoms with Gasteiger partial charge in [-0.1, -0.05) is 28.9 Å².